The van der Waals surface area contributed by atoms with Crippen LogP contribution in [-0.2, 0) is 4.74 Å². The minimum absolute atomic E-state index is 0.193. The van der Waals surface area contributed by atoms with Crippen LogP contribution >= 0.6 is 0 Å². The van der Waals surface area contributed by atoms with Gasteiger partial charge in [0.1, 0.15) is 0 Å². The second-order valence-electron chi connectivity index (χ2n) is 6.76. The first kappa shape index (κ1) is 17.9. The molecule has 3 nitrogen and oxygen atoms in total. The molecule has 0 rings (SSSR count). The quantitative estimate of drug-likeness (QED) is 0.727. The molecule has 0 amide bonds. The number of ether oxygens (including phenoxy) is 1. The highest BCUT2D eigenvalue weighted by molar-refractivity contribution is 4.91. The third-order valence-corrected chi connectivity index (χ3v) is 3.34. The van der Waals surface area contributed by atoms with E-state index in [0.717, 1.165) is 26.1 Å². The molecule has 0 spiro atoms. The highest BCUT2D eigenvalue weighted by Gasteiger charge is 2.34. The van der Waals surface area contributed by atoms with Gasteiger partial charge in [-0.05, 0) is 17.8 Å². The van der Waals surface area contributed by atoms with Crippen molar-refractivity contribution >= 4 is 0 Å². The Labute approximate surface area is 114 Å². The lowest BCUT2D eigenvalue weighted by atomic mass is 9.80. The van der Waals surface area contributed by atoms with Crippen LogP contribution in [0.25, 0.3) is 0 Å². The van der Waals surface area contributed by atoms with E-state index >= 15 is 0 Å². The van der Waals surface area contributed by atoms with Crippen LogP contribution < -0.4 is 5.73 Å². The molecule has 0 aliphatic carbocycles. The number of nitrogens with two attached hydrogens (primary N) is 1. The van der Waals surface area contributed by atoms with Crippen molar-refractivity contribution in [3.05, 3.63) is 0 Å². The van der Waals surface area contributed by atoms with E-state index in [0.29, 0.717) is 12.0 Å². The van der Waals surface area contributed by atoms with E-state index in [2.05, 4.69) is 46.4 Å². The maximum Gasteiger partial charge on any atom is 0.0589 e. The Bertz CT molecular complexity index is 211. The molecule has 0 fully saturated rings. The van der Waals surface area contributed by atoms with Crippen LogP contribution in [0.5, 0.6) is 0 Å². The first-order chi connectivity index (χ1) is 8.23. The number of nitrogens with zero attached hydrogens (tertiary/aromatic N) is 1. The topological polar surface area (TPSA) is 38.5 Å². The zero-order chi connectivity index (χ0) is 14.3. The number of rotatable bonds is 8. The Kier molecular flexibility index (Phi) is 8.08. The first-order valence-corrected chi connectivity index (χ1v) is 7.22. The molecule has 3 heteroatoms. The van der Waals surface area contributed by atoms with Crippen LogP contribution in [0.4, 0.5) is 0 Å². The van der Waals surface area contributed by atoms with E-state index < -0.39 is 0 Å². The van der Waals surface area contributed by atoms with Crippen LogP contribution in [0.1, 0.15) is 48.0 Å². The Hall–Kier alpha value is -0.120. The van der Waals surface area contributed by atoms with E-state index in [-0.39, 0.29) is 11.5 Å². The molecule has 0 radical (unpaired) electrons. The van der Waals surface area contributed by atoms with Crippen molar-refractivity contribution in [3.63, 3.8) is 0 Å². The van der Waals surface area contributed by atoms with Gasteiger partial charge in [-0.3, -0.25) is 4.90 Å². The zero-order valence-corrected chi connectivity index (χ0v) is 13.5. The summed E-state index contributed by atoms with van der Waals surface area (Å²) in [5.74, 6) is 0.649. The lowest BCUT2D eigenvalue weighted by Gasteiger charge is -2.44. The van der Waals surface area contributed by atoms with Crippen LogP contribution in [-0.4, -0.2) is 43.8 Å². The monoisotopic (exact) mass is 258 g/mol. The summed E-state index contributed by atoms with van der Waals surface area (Å²) in [6.07, 6.45) is 1.02. The van der Waals surface area contributed by atoms with Crippen molar-refractivity contribution in [2.45, 2.75) is 60.0 Å². The Morgan fingerprint density at radius 3 is 2.11 bits per heavy atom. The molecule has 0 heterocycles. The van der Waals surface area contributed by atoms with Gasteiger partial charge in [-0.25, -0.2) is 0 Å². The summed E-state index contributed by atoms with van der Waals surface area (Å²) in [7, 11) is 1.76. The summed E-state index contributed by atoms with van der Waals surface area (Å²) in [6.45, 7) is 16.4. The third-order valence-electron chi connectivity index (χ3n) is 3.34. The molecule has 0 aliphatic heterocycles. The molecule has 0 aromatic rings. The van der Waals surface area contributed by atoms with Crippen molar-refractivity contribution in [2.24, 2.45) is 17.1 Å². The van der Waals surface area contributed by atoms with E-state index in [1.807, 2.05) is 0 Å². The van der Waals surface area contributed by atoms with Gasteiger partial charge in [0.05, 0.1) is 6.61 Å². The molecule has 0 saturated carbocycles. The zero-order valence-electron chi connectivity index (χ0n) is 13.5. The molecule has 0 saturated heterocycles. The van der Waals surface area contributed by atoms with E-state index in [1.165, 1.54) is 0 Å². The summed E-state index contributed by atoms with van der Waals surface area (Å²) in [6, 6.07) is 0.626. The molecular formula is C15H34N2O. The summed E-state index contributed by atoms with van der Waals surface area (Å²) in [4.78, 5) is 2.52. The van der Waals surface area contributed by atoms with E-state index in [1.54, 1.807) is 7.11 Å². The molecular weight excluding hydrogens is 224 g/mol. The molecule has 0 aromatic carbocycles. The molecule has 110 valence electrons. The minimum atomic E-state index is 0.193. The first-order valence-electron chi connectivity index (χ1n) is 7.22. The largest absolute Gasteiger partial charge is 0.383 e. The summed E-state index contributed by atoms with van der Waals surface area (Å²) >= 11 is 0. The summed E-state index contributed by atoms with van der Waals surface area (Å²) in [5.41, 5.74) is 6.56. The standard InChI is InChI=1S/C15H34N2O/c1-8-13(16)14(15(4,5)6)17(9-10-18-7)11-12(2)3/h12-14H,8-11,16H2,1-7H3. The van der Waals surface area contributed by atoms with Gasteiger partial charge in [0, 0.05) is 32.3 Å². The fraction of sp³-hybridized carbons (Fsp3) is 1.00. The van der Waals surface area contributed by atoms with Gasteiger partial charge in [-0.2, -0.15) is 0 Å². The van der Waals surface area contributed by atoms with Gasteiger partial charge in [0.15, 0.2) is 0 Å². The van der Waals surface area contributed by atoms with Crippen molar-refractivity contribution in [3.8, 4) is 0 Å². The normalized spacial score (nSPS) is 16.3. The lowest BCUT2D eigenvalue weighted by molar-refractivity contribution is 0.0428. The van der Waals surface area contributed by atoms with Gasteiger partial charge in [0.25, 0.3) is 0 Å². The fourth-order valence-electron chi connectivity index (χ4n) is 2.71. The number of hydrogen-bond donors (Lipinski definition) is 1. The molecule has 18 heavy (non-hydrogen) atoms. The van der Waals surface area contributed by atoms with Crippen molar-refractivity contribution in [1.29, 1.82) is 0 Å². The van der Waals surface area contributed by atoms with Crippen LogP contribution in [0.2, 0.25) is 0 Å². The molecule has 0 aromatic heterocycles. The van der Waals surface area contributed by atoms with Crippen LogP contribution in [0.3, 0.4) is 0 Å². The van der Waals surface area contributed by atoms with Crippen molar-refractivity contribution in [1.82, 2.24) is 4.90 Å². The Morgan fingerprint density at radius 2 is 1.78 bits per heavy atom. The van der Waals surface area contributed by atoms with E-state index in [9.17, 15) is 0 Å². The summed E-state index contributed by atoms with van der Waals surface area (Å²) < 4.78 is 5.25. The molecule has 2 atom stereocenters. The predicted molar refractivity (Wildman–Crippen MR) is 79.8 cm³/mol. The smallest absolute Gasteiger partial charge is 0.0589 e. The lowest BCUT2D eigenvalue weighted by Crippen LogP contribution is -2.56. The number of hydrogen-bond acceptors (Lipinski definition) is 3. The summed E-state index contributed by atoms with van der Waals surface area (Å²) in [5, 5.41) is 0. The Morgan fingerprint density at radius 1 is 1.22 bits per heavy atom. The van der Waals surface area contributed by atoms with E-state index in [4.69, 9.17) is 10.5 Å². The van der Waals surface area contributed by atoms with Gasteiger partial charge in [0.2, 0.25) is 0 Å². The minimum Gasteiger partial charge on any atom is -0.383 e. The average Bonchev–Trinajstić information content (AvgIpc) is 2.22. The van der Waals surface area contributed by atoms with Gasteiger partial charge in [-0.15, -0.1) is 0 Å². The second-order valence-corrected chi connectivity index (χ2v) is 6.76. The maximum atomic E-state index is 6.37. The van der Waals surface area contributed by atoms with Crippen LogP contribution in [0.15, 0.2) is 0 Å². The van der Waals surface area contributed by atoms with Gasteiger partial charge < -0.3 is 10.5 Å². The SMILES string of the molecule is CCC(N)C(N(CCOC)CC(C)C)C(C)(C)C. The van der Waals surface area contributed by atoms with Crippen molar-refractivity contribution < 1.29 is 4.74 Å². The van der Waals surface area contributed by atoms with Crippen LogP contribution in [0, 0.1) is 11.3 Å². The molecule has 2 unspecified atom stereocenters. The molecule has 2 N–H and O–H groups in total. The fourth-order valence-corrected chi connectivity index (χ4v) is 2.71. The van der Waals surface area contributed by atoms with Gasteiger partial charge in [-0.1, -0.05) is 41.5 Å². The Balaban J connectivity index is 4.94. The highest BCUT2D eigenvalue weighted by Crippen LogP contribution is 2.28. The number of methoxy groups -OCH3 is 1. The second kappa shape index (κ2) is 8.13. The maximum absolute atomic E-state index is 6.37. The third kappa shape index (κ3) is 6.17. The van der Waals surface area contributed by atoms with Gasteiger partial charge >= 0.3 is 0 Å². The molecule has 0 bridgehead atoms. The van der Waals surface area contributed by atoms with Crippen molar-refractivity contribution in [2.75, 3.05) is 26.8 Å². The average molecular weight is 258 g/mol. The highest BCUT2D eigenvalue weighted by atomic mass is 16.5. The molecule has 0 aliphatic rings. The predicted octanol–water partition coefficient (Wildman–Crippen LogP) is 2.74.